The predicted octanol–water partition coefficient (Wildman–Crippen LogP) is 2.34. The second-order valence-electron chi connectivity index (χ2n) is 4.95. The van der Waals surface area contributed by atoms with Gasteiger partial charge in [-0.15, -0.1) is 0 Å². The zero-order valence-electron chi connectivity index (χ0n) is 9.25. The van der Waals surface area contributed by atoms with Crippen LogP contribution in [0.15, 0.2) is 0 Å². The van der Waals surface area contributed by atoms with Crippen LogP contribution in [0.25, 0.3) is 0 Å². The number of rotatable bonds is 4. The van der Waals surface area contributed by atoms with Crippen LogP contribution < -0.4 is 5.32 Å². The Balaban J connectivity index is 1.77. The van der Waals surface area contributed by atoms with Crippen molar-refractivity contribution >= 4 is 5.91 Å². The lowest BCUT2D eigenvalue weighted by Crippen LogP contribution is -2.37. The van der Waals surface area contributed by atoms with Gasteiger partial charge in [-0.25, -0.2) is 0 Å². The fraction of sp³-hybridized carbons (Fsp3) is 0.917. The number of hydrogen-bond acceptors (Lipinski definition) is 1. The Bertz CT molecular complexity index is 212. The van der Waals surface area contributed by atoms with Crippen molar-refractivity contribution < 1.29 is 4.79 Å². The van der Waals surface area contributed by atoms with E-state index in [1.807, 2.05) is 0 Å². The van der Waals surface area contributed by atoms with E-state index in [0.29, 0.717) is 17.9 Å². The summed E-state index contributed by atoms with van der Waals surface area (Å²) < 4.78 is 0. The third-order valence-electron chi connectivity index (χ3n) is 3.95. The molecule has 2 unspecified atom stereocenters. The maximum absolute atomic E-state index is 11.8. The maximum atomic E-state index is 11.8. The van der Waals surface area contributed by atoms with Gasteiger partial charge in [-0.1, -0.05) is 13.8 Å². The molecule has 0 radical (unpaired) electrons. The van der Waals surface area contributed by atoms with Crippen molar-refractivity contribution in [2.45, 2.75) is 52.0 Å². The summed E-state index contributed by atoms with van der Waals surface area (Å²) in [5.74, 6) is 2.49. The molecule has 0 aromatic carbocycles. The Labute approximate surface area is 86.5 Å². The first-order valence-corrected chi connectivity index (χ1v) is 6.05. The number of fused-ring (bicyclic) bond motifs is 1. The molecule has 0 saturated heterocycles. The van der Waals surface area contributed by atoms with Crippen molar-refractivity contribution in [3.05, 3.63) is 0 Å². The van der Waals surface area contributed by atoms with Gasteiger partial charge in [0.2, 0.25) is 5.91 Å². The van der Waals surface area contributed by atoms with E-state index in [0.717, 1.165) is 37.5 Å². The minimum Gasteiger partial charge on any atom is -0.353 e. The van der Waals surface area contributed by atoms with E-state index in [1.54, 1.807) is 0 Å². The van der Waals surface area contributed by atoms with E-state index in [9.17, 15) is 4.79 Å². The average Bonchev–Trinajstić information content (AvgIpc) is 2.82. The first-order chi connectivity index (χ1) is 6.74. The van der Waals surface area contributed by atoms with Gasteiger partial charge in [-0.05, 0) is 43.9 Å². The van der Waals surface area contributed by atoms with Gasteiger partial charge in [-0.2, -0.15) is 0 Å². The fourth-order valence-electron chi connectivity index (χ4n) is 2.74. The number of carbonyl (C=O) groups excluding carboxylic acids is 1. The molecule has 2 atom stereocenters. The minimum atomic E-state index is 0.325. The summed E-state index contributed by atoms with van der Waals surface area (Å²) in [6, 6.07) is 0.402. The monoisotopic (exact) mass is 195 g/mol. The highest BCUT2D eigenvalue weighted by Gasteiger charge is 2.48. The Morgan fingerprint density at radius 1 is 1.21 bits per heavy atom. The normalized spacial score (nSPS) is 34.4. The molecule has 0 heterocycles. The number of amides is 1. The lowest BCUT2D eigenvalue weighted by Gasteiger charge is -2.18. The molecule has 1 N–H and O–H groups in total. The molecule has 0 bridgehead atoms. The topological polar surface area (TPSA) is 29.1 Å². The zero-order chi connectivity index (χ0) is 10.1. The Hall–Kier alpha value is -0.530. The minimum absolute atomic E-state index is 0.325. The first kappa shape index (κ1) is 10.0. The van der Waals surface area contributed by atoms with Crippen LogP contribution in [0.3, 0.4) is 0 Å². The number of nitrogens with one attached hydrogen (secondary N) is 1. The van der Waals surface area contributed by atoms with Crippen LogP contribution in [0.2, 0.25) is 0 Å². The van der Waals surface area contributed by atoms with Crippen LogP contribution >= 0.6 is 0 Å². The average molecular weight is 195 g/mol. The zero-order valence-corrected chi connectivity index (χ0v) is 9.25. The Kier molecular flexibility index (Phi) is 2.80. The van der Waals surface area contributed by atoms with Crippen molar-refractivity contribution in [3.63, 3.8) is 0 Å². The summed E-state index contributed by atoms with van der Waals surface area (Å²) in [4.78, 5) is 11.8. The smallest absolute Gasteiger partial charge is 0.223 e. The molecule has 1 amide bonds. The van der Waals surface area contributed by atoms with Gasteiger partial charge in [0, 0.05) is 12.0 Å². The quantitative estimate of drug-likeness (QED) is 0.733. The van der Waals surface area contributed by atoms with Gasteiger partial charge >= 0.3 is 0 Å². The van der Waals surface area contributed by atoms with Crippen LogP contribution in [-0.4, -0.2) is 11.9 Å². The molecule has 2 fully saturated rings. The lowest BCUT2D eigenvalue weighted by atomic mass is 10.0. The molecule has 80 valence electrons. The fourth-order valence-corrected chi connectivity index (χ4v) is 2.74. The van der Waals surface area contributed by atoms with Gasteiger partial charge in [0.05, 0.1) is 0 Å². The third-order valence-corrected chi connectivity index (χ3v) is 3.95. The summed E-state index contributed by atoms with van der Waals surface area (Å²) in [5.41, 5.74) is 0. The summed E-state index contributed by atoms with van der Waals surface area (Å²) in [5, 5.41) is 3.16. The largest absolute Gasteiger partial charge is 0.353 e. The molecular weight excluding hydrogens is 174 g/mol. The van der Waals surface area contributed by atoms with Crippen molar-refractivity contribution in [3.8, 4) is 0 Å². The van der Waals surface area contributed by atoms with E-state index >= 15 is 0 Å². The van der Waals surface area contributed by atoms with Crippen molar-refractivity contribution in [1.29, 1.82) is 0 Å². The summed E-state index contributed by atoms with van der Waals surface area (Å²) >= 11 is 0. The standard InChI is InChI=1S/C12H21NO/c1-3-11(4-2)13-12(14)10-6-8-5-9(8)7-10/h8-11H,3-7H2,1-2H3,(H,13,14). The Morgan fingerprint density at radius 2 is 1.79 bits per heavy atom. The molecule has 0 aromatic rings. The van der Waals surface area contributed by atoms with E-state index < -0.39 is 0 Å². The van der Waals surface area contributed by atoms with Gasteiger partial charge in [0.25, 0.3) is 0 Å². The van der Waals surface area contributed by atoms with Crippen molar-refractivity contribution in [2.75, 3.05) is 0 Å². The molecule has 0 aromatic heterocycles. The van der Waals surface area contributed by atoms with Crippen molar-refractivity contribution in [1.82, 2.24) is 5.32 Å². The van der Waals surface area contributed by atoms with Crippen LogP contribution in [-0.2, 0) is 4.79 Å². The van der Waals surface area contributed by atoms with E-state index in [-0.39, 0.29) is 0 Å². The van der Waals surface area contributed by atoms with Crippen LogP contribution in [0.4, 0.5) is 0 Å². The highest BCUT2D eigenvalue weighted by Crippen LogP contribution is 2.54. The molecule has 14 heavy (non-hydrogen) atoms. The van der Waals surface area contributed by atoms with Gasteiger partial charge in [0.15, 0.2) is 0 Å². The molecule has 0 spiro atoms. The van der Waals surface area contributed by atoms with Crippen molar-refractivity contribution in [2.24, 2.45) is 17.8 Å². The maximum Gasteiger partial charge on any atom is 0.223 e. The molecule has 2 nitrogen and oxygen atoms in total. The second-order valence-corrected chi connectivity index (χ2v) is 4.95. The third kappa shape index (κ3) is 1.94. The molecular formula is C12H21NO. The van der Waals surface area contributed by atoms with Crippen LogP contribution in [0.5, 0.6) is 0 Å². The number of carbonyl (C=O) groups is 1. The molecule has 2 rings (SSSR count). The molecule has 2 aliphatic carbocycles. The number of hydrogen-bond donors (Lipinski definition) is 1. The summed E-state index contributed by atoms with van der Waals surface area (Å²) in [6.07, 6.45) is 5.84. The SMILES string of the molecule is CCC(CC)NC(=O)C1CC2CC2C1. The van der Waals surface area contributed by atoms with E-state index in [2.05, 4.69) is 19.2 Å². The highest BCUT2D eigenvalue weighted by molar-refractivity contribution is 5.79. The summed E-state index contributed by atoms with van der Waals surface area (Å²) in [7, 11) is 0. The Morgan fingerprint density at radius 3 is 2.29 bits per heavy atom. The van der Waals surface area contributed by atoms with Crippen LogP contribution in [0.1, 0.15) is 46.0 Å². The van der Waals surface area contributed by atoms with Gasteiger partial charge < -0.3 is 5.32 Å². The highest BCUT2D eigenvalue weighted by atomic mass is 16.1. The van der Waals surface area contributed by atoms with Crippen LogP contribution in [0, 0.1) is 17.8 Å². The predicted molar refractivity (Wildman–Crippen MR) is 56.8 cm³/mol. The van der Waals surface area contributed by atoms with Gasteiger partial charge in [0.1, 0.15) is 0 Å². The molecule has 2 saturated carbocycles. The molecule has 2 aliphatic rings. The van der Waals surface area contributed by atoms with Gasteiger partial charge in [-0.3, -0.25) is 4.79 Å². The lowest BCUT2D eigenvalue weighted by molar-refractivity contribution is -0.125. The first-order valence-electron chi connectivity index (χ1n) is 6.05. The second kappa shape index (κ2) is 3.92. The van der Waals surface area contributed by atoms with E-state index in [4.69, 9.17) is 0 Å². The van der Waals surface area contributed by atoms with E-state index in [1.165, 1.54) is 6.42 Å². The molecule has 2 heteroatoms. The molecule has 0 aliphatic heterocycles. The summed E-state index contributed by atoms with van der Waals surface area (Å²) in [6.45, 7) is 4.28.